The Morgan fingerprint density at radius 3 is 2.00 bits per heavy atom. The first-order valence-electron chi connectivity index (χ1n) is 4.35. The Hall–Kier alpha value is -0.376. The Labute approximate surface area is 96.5 Å². The minimum absolute atomic E-state index is 0. The molecule has 15 heavy (non-hydrogen) atoms. The van der Waals surface area contributed by atoms with Gasteiger partial charge in [-0.15, -0.1) is 0 Å². The molecule has 0 fully saturated rings. The van der Waals surface area contributed by atoms with Crippen molar-refractivity contribution >= 4 is 11.6 Å². The summed E-state index contributed by atoms with van der Waals surface area (Å²) in [6.07, 6.45) is -5.34. The number of rotatable bonds is 5. The summed E-state index contributed by atoms with van der Waals surface area (Å²) in [4.78, 5) is 21.3. The molecule has 6 heteroatoms. The molecule has 0 aromatic carbocycles. The maximum Gasteiger partial charge on any atom is 0.450 e. The van der Waals surface area contributed by atoms with Crippen LogP contribution in [-0.2, 0) is 26.1 Å². The van der Waals surface area contributed by atoms with E-state index < -0.39 is 24.2 Å². The van der Waals surface area contributed by atoms with Crippen LogP contribution in [-0.4, -0.2) is 17.7 Å². The van der Waals surface area contributed by atoms with Crippen LogP contribution >= 0.6 is 0 Å². The largest absolute Gasteiger partial charge is 0.450 e. The van der Waals surface area contributed by atoms with Crippen LogP contribution in [0, 0.1) is 5.92 Å². The van der Waals surface area contributed by atoms with E-state index in [1.54, 1.807) is 0 Å². The van der Waals surface area contributed by atoms with Gasteiger partial charge in [0.1, 0.15) is 5.78 Å². The fraction of sp³-hybridized carbons (Fsp3) is 0.778. The van der Waals surface area contributed by atoms with E-state index in [2.05, 4.69) is 0 Å². The van der Waals surface area contributed by atoms with Crippen molar-refractivity contribution in [2.45, 2.75) is 39.3 Å². The summed E-state index contributed by atoms with van der Waals surface area (Å²) in [6.45, 7) is 3.72. The van der Waals surface area contributed by atoms with Gasteiger partial charge in [0, 0.05) is 22.9 Å². The topological polar surface area (TPSA) is 34.1 Å². The number of carbonyl (C=O) groups is 2. The van der Waals surface area contributed by atoms with Gasteiger partial charge < -0.3 is 0 Å². The number of hydrogen-bond acceptors (Lipinski definition) is 2. The predicted molar refractivity (Wildman–Crippen MR) is 44.8 cm³/mol. The summed E-state index contributed by atoms with van der Waals surface area (Å²) in [6, 6.07) is 0. The maximum absolute atomic E-state index is 11.7. The number of halogens is 3. The van der Waals surface area contributed by atoms with E-state index in [0.29, 0.717) is 6.42 Å². The van der Waals surface area contributed by atoms with Crippen LogP contribution in [0.2, 0.25) is 0 Å². The average Bonchev–Trinajstić information content (AvgIpc) is 1.99. The van der Waals surface area contributed by atoms with E-state index in [1.165, 1.54) is 0 Å². The van der Waals surface area contributed by atoms with Crippen molar-refractivity contribution in [2.24, 2.45) is 5.92 Å². The molecule has 0 aliphatic rings. The monoisotopic (exact) mass is 268 g/mol. The molecule has 0 aliphatic carbocycles. The first-order chi connectivity index (χ1) is 6.23. The first kappa shape index (κ1) is 17.0. The van der Waals surface area contributed by atoms with Crippen molar-refractivity contribution < 1.29 is 39.3 Å². The van der Waals surface area contributed by atoms with Gasteiger partial charge >= 0.3 is 6.18 Å². The van der Waals surface area contributed by atoms with Gasteiger partial charge in [0.25, 0.3) is 0 Å². The van der Waals surface area contributed by atoms with Crippen LogP contribution in [0.3, 0.4) is 0 Å². The molecule has 0 spiro atoms. The summed E-state index contributed by atoms with van der Waals surface area (Å²) in [5, 5.41) is 0. The molecule has 0 N–H and O–H groups in total. The summed E-state index contributed by atoms with van der Waals surface area (Å²) in [5.74, 6) is -2.34. The molecule has 0 aliphatic heterocycles. The van der Waals surface area contributed by atoms with Gasteiger partial charge in [0.2, 0.25) is 5.78 Å². The molecule has 0 radical (unpaired) electrons. The Morgan fingerprint density at radius 1 is 1.20 bits per heavy atom. The molecule has 2 nitrogen and oxygen atoms in total. The van der Waals surface area contributed by atoms with E-state index >= 15 is 0 Å². The number of ketones is 2. The smallest absolute Gasteiger partial charge is 0.299 e. The SMILES string of the molecule is CC(C)CCC(=O)CC(=O)C(F)(F)F.[Ni]. The molecule has 92 valence electrons. The van der Waals surface area contributed by atoms with Crippen LogP contribution in [0.1, 0.15) is 33.1 Å². The van der Waals surface area contributed by atoms with Gasteiger partial charge in [-0.05, 0) is 12.3 Å². The molecule has 0 heterocycles. The summed E-state index contributed by atoms with van der Waals surface area (Å²) < 4.78 is 35.1. The van der Waals surface area contributed by atoms with Crippen molar-refractivity contribution in [2.75, 3.05) is 0 Å². The summed E-state index contributed by atoms with van der Waals surface area (Å²) >= 11 is 0. The molecule has 0 aromatic rings. The molecule has 0 aromatic heterocycles. The molecule has 0 amide bonds. The maximum atomic E-state index is 11.7. The van der Waals surface area contributed by atoms with Gasteiger partial charge in [0.05, 0.1) is 6.42 Å². The zero-order valence-electron chi connectivity index (χ0n) is 8.47. The average molecular weight is 269 g/mol. The Morgan fingerprint density at radius 2 is 1.67 bits per heavy atom. The number of Topliss-reactive ketones (excluding diaryl/α,β-unsaturated/α-hetero) is 2. The second-order valence-corrected chi connectivity index (χ2v) is 3.57. The first-order valence-corrected chi connectivity index (χ1v) is 4.35. The third-order valence-electron chi connectivity index (χ3n) is 1.67. The van der Waals surface area contributed by atoms with Gasteiger partial charge in [0.15, 0.2) is 0 Å². The van der Waals surface area contributed by atoms with Gasteiger partial charge in [-0.2, -0.15) is 13.2 Å². The fourth-order valence-corrected chi connectivity index (χ4v) is 0.817. The Balaban J connectivity index is 0. The van der Waals surface area contributed by atoms with E-state index in [4.69, 9.17) is 0 Å². The van der Waals surface area contributed by atoms with Crippen molar-refractivity contribution in [1.82, 2.24) is 0 Å². The summed E-state index contributed by atoms with van der Waals surface area (Å²) in [7, 11) is 0. The molecule has 0 atom stereocenters. The van der Waals surface area contributed by atoms with Gasteiger partial charge in [-0.25, -0.2) is 0 Å². The fourth-order valence-electron chi connectivity index (χ4n) is 0.817. The van der Waals surface area contributed by atoms with E-state index in [1.807, 2.05) is 13.8 Å². The molecule has 0 bridgehead atoms. The van der Waals surface area contributed by atoms with E-state index in [0.717, 1.165) is 0 Å². The zero-order valence-corrected chi connectivity index (χ0v) is 9.45. The normalized spacial score (nSPS) is 11.1. The minimum Gasteiger partial charge on any atom is -0.299 e. The third-order valence-corrected chi connectivity index (χ3v) is 1.67. The van der Waals surface area contributed by atoms with Crippen LogP contribution in [0.4, 0.5) is 13.2 Å². The van der Waals surface area contributed by atoms with Gasteiger partial charge in [-0.1, -0.05) is 13.8 Å². The molecular formula is C9H13F3NiO2. The van der Waals surface area contributed by atoms with Crippen molar-refractivity contribution in [3.05, 3.63) is 0 Å². The predicted octanol–water partition coefficient (Wildman–Crippen LogP) is 2.51. The van der Waals surface area contributed by atoms with Crippen LogP contribution in [0.5, 0.6) is 0 Å². The number of hydrogen-bond donors (Lipinski definition) is 0. The summed E-state index contributed by atoms with van der Waals surface area (Å²) in [5.41, 5.74) is 0. The number of carbonyl (C=O) groups excluding carboxylic acids is 2. The van der Waals surface area contributed by atoms with Crippen molar-refractivity contribution in [3.63, 3.8) is 0 Å². The molecule has 0 saturated carbocycles. The minimum atomic E-state index is -4.88. The van der Waals surface area contributed by atoms with Gasteiger partial charge in [-0.3, -0.25) is 9.59 Å². The molecule has 0 unspecified atom stereocenters. The van der Waals surface area contributed by atoms with Crippen LogP contribution in [0.25, 0.3) is 0 Å². The quantitative estimate of drug-likeness (QED) is 0.567. The second kappa shape index (κ2) is 6.99. The van der Waals surface area contributed by atoms with Crippen molar-refractivity contribution in [3.8, 4) is 0 Å². The standard InChI is InChI=1S/C9H13F3O2.Ni/c1-6(2)3-4-7(13)5-8(14)9(10,11)12;/h6H,3-5H2,1-2H3;. The number of alkyl halides is 3. The molecular weight excluding hydrogens is 256 g/mol. The van der Waals surface area contributed by atoms with E-state index in [9.17, 15) is 22.8 Å². The zero-order chi connectivity index (χ0) is 11.4. The second-order valence-electron chi connectivity index (χ2n) is 3.57. The van der Waals surface area contributed by atoms with Crippen LogP contribution < -0.4 is 0 Å². The Bertz CT molecular complexity index is 224. The van der Waals surface area contributed by atoms with E-state index in [-0.39, 0.29) is 28.8 Å². The van der Waals surface area contributed by atoms with Crippen molar-refractivity contribution in [1.29, 1.82) is 0 Å². The van der Waals surface area contributed by atoms with Crippen LogP contribution in [0.15, 0.2) is 0 Å². The molecule has 0 saturated heterocycles. The molecule has 0 rings (SSSR count). The Kier molecular flexibility index (Phi) is 7.94. The third kappa shape index (κ3) is 8.61.